The van der Waals surface area contributed by atoms with Gasteiger partial charge in [0.25, 0.3) is 0 Å². The number of nitrogens with zero attached hydrogens (tertiary/aromatic N) is 4. The van der Waals surface area contributed by atoms with Crippen LogP contribution < -0.4 is 5.73 Å². The van der Waals surface area contributed by atoms with Crippen molar-refractivity contribution in [1.82, 2.24) is 14.6 Å². The molecule has 2 N–H and O–H groups in total. The predicted octanol–water partition coefficient (Wildman–Crippen LogP) is 0.379. The summed E-state index contributed by atoms with van der Waals surface area (Å²) in [4.78, 5) is 41.2. The summed E-state index contributed by atoms with van der Waals surface area (Å²) in [6, 6.07) is 5.18. The molecule has 0 radical (unpaired) electrons. The molecule has 0 aliphatic carbocycles. The van der Waals surface area contributed by atoms with Gasteiger partial charge in [-0.05, 0) is 18.6 Å². The van der Waals surface area contributed by atoms with Crippen molar-refractivity contribution in [3.05, 3.63) is 24.2 Å². The second-order valence-electron chi connectivity index (χ2n) is 8.55. The zero-order valence-corrected chi connectivity index (χ0v) is 19.0. The standard InChI is InChI=1S/C22H23N5O9/c23-10-22(15-5-4-13-20(24)25-11-26-27(13)15)19-18(34-16(28)2-1-3-17(29)35-19)14(36-22)9-32-21(30)33-12-6-7-31-8-12/h4-5,11-12,14,18-19H,1-3,6-9H2,(H2,24,25,26)/t12?,14-,18-,19-,22+/m1/s1. The van der Waals surface area contributed by atoms with Crippen molar-refractivity contribution in [3.8, 4) is 6.07 Å². The Morgan fingerprint density at radius 3 is 2.83 bits per heavy atom. The van der Waals surface area contributed by atoms with Gasteiger partial charge in [-0.15, -0.1) is 0 Å². The van der Waals surface area contributed by atoms with E-state index in [1.807, 2.05) is 0 Å². The summed E-state index contributed by atoms with van der Waals surface area (Å²) in [5, 5.41) is 14.5. The molecule has 190 valence electrons. The summed E-state index contributed by atoms with van der Waals surface area (Å²) < 4.78 is 34.3. The fraction of sp³-hybridized carbons (Fsp3) is 0.545. The van der Waals surface area contributed by atoms with E-state index < -0.39 is 54.7 Å². The highest BCUT2D eigenvalue weighted by Gasteiger charge is 2.63. The van der Waals surface area contributed by atoms with E-state index in [1.165, 1.54) is 16.9 Å². The summed E-state index contributed by atoms with van der Waals surface area (Å²) in [6.45, 7) is 0.290. The van der Waals surface area contributed by atoms with Gasteiger partial charge in [0.1, 0.15) is 36.7 Å². The van der Waals surface area contributed by atoms with Crippen molar-refractivity contribution in [1.29, 1.82) is 5.26 Å². The fourth-order valence-corrected chi connectivity index (χ4v) is 4.52. The number of nitriles is 1. The number of fused-ring (bicyclic) bond motifs is 2. The molecule has 0 saturated carbocycles. The Kier molecular flexibility index (Phi) is 6.33. The molecule has 36 heavy (non-hydrogen) atoms. The molecule has 14 heteroatoms. The molecule has 2 aromatic rings. The van der Waals surface area contributed by atoms with Crippen LogP contribution in [0.5, 0.6) is 0 Å². The van der Waals surface area contributed by atoms with E-state index in [9.17, 15) is 19.6 Å². The molecule has 3 saturated heterocycles. The van der Waals surface area contributed by atoms with Gasteiger partial charge in [-0.1, -0.05) is 0 Å². The van der Waals surface area contributed by atoms with E-state index in [1.54, 1.807) is 6.07 Å². The number of aromatic nitrogens is 3. The van der Waals surface area contributed by atoms with Crippen LogP contribution in [0.4, 0.5) is 10.6 Å². The molecule has 0 spiro atoms. The van der Waals surface area contributed by atoms with Gasteiger partial charge in [0.2, 0.25) is 5.60 Å². The fourth-order valence-electron chi connectivity index (χ4n) is 4.52. The molecule has 5 heterocycles. The molecule has 5 atom stereocenters. The molecule has 3 fully saturated rings. The Morgan fingerprint density at radius 2 is 2.08 bits per heavy atom. The normalized spacial score (nSPS) is 30.3. The summed E-state index contributed by atoms with van der Waals surface area (Å²) in [5.74, 6) is -1.10. The molecule has 0 amide bonds. The van der Waals surface area contributed by atoms with Gasteiger partial charge in [-0.25, -0.2) is 14.3 Å². The van der Waals surface area contributed by atoms with E-state index in [0.717, 1.165) is 0 Å². The molecular weight excluding hydrogens is 478 g/mol. The number of hydrogen-bond acceptors (Lipinski definition) is 13. The first kappa shape index (κ1) is 23.8. The number of carbonyl (C=O) groups excluding carboxylic acids is 3. The van der Waals surface area contributed by atoms with Gasteiger partial charge in [0.05, 0.1) is 18.9 Å². The quantitative estimate of drug-likeness (QED) is 0.448. The molecule has 0 bridgehead atoms. The summed E-state index contributed by atoms with van der Waals surface area (Å²) in [5.41, 5.74) is 4.51. The Balaban J connectivity index is 1.49. The largest absolute Gasteiger partial charge is 0.508 e. The topological polar surface area (TPSA) is 187 Å². The lowest BCUT2D eigenvalue weighted by molar-refractivity contribution is -0.166. The monoisotopic (exact) mass is 501 g/mol. The van der Waals surface area contributed by atoms with Crippen LogP contribution in [0.15, 0.2) is 18.5 Å². The third-order valence-electron chi connectivity index (χ3n) is 6.24. The van der Waals surface area contributed by atoms with Gasteiger partial charge in [0, 0.05) is 19.3 Å². The molecule has 0 aromatic carbocycles. The van der Waals surface area contributed by atoms with Gasteiger partial charge in [-0.2, -0.15) is 10.4 Å². The van der Waals surface area contributed by atoms with Crippen LogP contribution in [0.3, 0.4) is 0 Å². The Labute approximate surface area is 204 Å². The Hall–Kier alpha value is -3.96. The highest BCUT2D eigenvalue weighted by molar-refractivity contribution is 5.74. The Morgan fingerprint density at radius 1 is 1.28 bits per heavy atom. The van der Waals surface area contributed by atoms with Crippen molar-refractivity contribution < 1.29 is 42.8 Å². The number of anilines is 1. The SMILES string of the molecule is N#C[C@@]1(c2ccc3c(N)ncnn23)O[C@H](COC(=O)OC2CCOC2)[C@H]2OC(=O)CCCC(=O)O[C@H]21. The maximum Gasteiger partial charge on any atom is 0.508 e. The predicted molar refractivity (Wildman–Crippen MR) is 115 cm³/mol. The van der Waals surface area contributed by atoms with Crippen molar-refractivity contribution in [3.63, 3.8) is 0 Å². The number of hydrogen-bond donors (Lipinski definition) is 1. The van der Waals surface area contributed by atoms with Crippen molar-refractivity contribution in [2.24, 2.45) is 0 Å². The first-order valence-corrected chi connectivity index (χ1v) is 11.4. The average molecular weight is 501 g/mol. The van der Waals surface area contributed by atoms with Crippen molar-refractivity contribution in [2.45, 2.75) is 55.7 Å². The minimum absolute atomic E-state index is 0.0347. The van der Waals surface area contributed by atoms with Gasteiger partial charge >= 0.3 is 18.1 Å². The highest BCUT2D eigenvalue weighted by Crippen LogP contribution is 2.44. The van der Waals surface area contributed by atoms with E-state index >= 15 is 0 Å². The lowest BCUT2D eigenvalue weighted by Gasteiger charge is -2.28. The number of ether oxygens (including phenoxy) is 6. The summed E-state index contributed by atoms with van der Waals surface area (Å²) >= 11 is 0. The molecule has 5 rings (SSSR count). The van der Waals surface area contributed by atoms with Crippen LogP contribution in [-0.2, 0) is 43.6 Å². The third kappa shape index (κ3) is 4.27. The van der Waals surface area contributed by atoms with Crippen LogP contribution in [0.25, 0.3) is 5.52 Å². The number of rotatable bonds is 4. The second-order valence-corrected chi connectivity index (χ2v) is 8.55. The molecule has 1 unspecified atom stereocenters. The first-order valence-electron chi connectivity index (χ1n) is 11.4. The zero-order chi connectivity index (χ0) is 25.3. The van der Waals surface area contributed by atoms with Crippen LogP contribution in [0, 0.1) is 11.3 Å². The van der Waals surface area contributed by atoms with E-state index in [2.05, 4.69) is 16.2 Å². The van der Waals surface area contributed by atoms with E-state index in [4.69, 9.17) is 34.2 Å². The average Bonchev–Trinajstić information content (AvgIpc) is 3.58. The van der Waals surface area contributed by atoms with E-state index in [0.29, 0.717) is 18.5 Å². The lowest BCUT2D eigenvalue weighted by atomic mass is 9.92. The maximum atomic E-state index is 12.6. The third-order valence-corrected chi connectivity index (χ3v) is 6.24. The number of esters is 2. The first-order chi connectivity index (χ1) is 17.4. The van der Waals surface area contributed by atoms with Crippen LogP contribution in [-0.4, -0.2) is 76.9 Å². The van der Waals surface area contributed by atoms with Crippen LogP contribution >= 0.6 is 0 Å². The maximum absolute atomic E-state index is 12.6. The molecule has 3 aliphatic rings. The zero-order valence-electron chi connectivity index (χ0n) is 19.0. The summed E-state index contributed by atoms with van der Waals surface area (Å²) in [7, 11) is 0. The number of nitrogens with two attached hydrogens (primary N) is 1. The molecule has 14 nitrogen and oxygen atoms in total. The minimum atomic E-state index is -1.98. The van der Waals surface area contributed by atoms with Gasteiger partial charge in [0.15, 0.2) is 18.0 Å². The Bertz CT molecular complexity index is 1220. The van der Waals surface area contributed by atoms with Crippen molar-refractivity contribution >= 4 is 29.4 Å². The molecule has 3 aliphatic heterocycles. The highest BCUT2D eigenvalue weighted by atomic mass is 16.7. The number of carbonyl (C=O) groups is 3. The smallest absolute Gasteiger partial charge is 0.455 e. The van der Waals surface area contributed by atoms with E-state index in [-0.39, 0.29) is 37.4 Å². The number of nitrogen functional groups attached to an aromatic ring is 1. The molecular formula is C22H23N5O9. The summed E-state index contributed by atoms with van der Waals surface area (Å²) in [6.07, 6.45) is -3.36. The van der Waals surface area contributed by atoms with Gasteiger partial charge in [-0.3, -0.25) is 9.59 Å². The van der Waals surface area contributed by atoms with Crippen LogP contribution in [0.1, 0.15) is 31.4 Å². The minimum Gasteiger partial charge on any atom is -0.455 e. The van der Waals surface area contributed by atoms with Crippen molar-refractivity contribution in [2.75, 3.05) is 25.6 Å². The van der Waals surface area contributed by atoms with Gasteiger partial charge < -0.3 is 34.2 Å². The lowest BCUT2D eigenvalue weighted by Crippen LogP contribution is -2.45. The van der Waals surface area contributed by atoms with Crippen LogP contribution in [0.2, 0.25) is 0 Å². The second kappa shape index (κ2) is 9.59. The molecule has 2 aromatic heterocycles.